The molecule has 148 valence electrons. The second-order valence-electron chi connectivity index (χ2n) is 7.95. The van der Waals surface area contributed by atoms with Gasteiger partial charge in [0, 0.05) is 44.5 Å². The molecular formula is C21H32N4O2. The maximum Gasteiger partial charge on any atom is 0.146 e. The maximum atomic E-state index is 9.57. The topological polar surface area (TPSA) is 72.6 Å². The molecule has 1 N–H and O–H groups in total. The molecule has 0 unspecified atom stereocenters. The largest absolute Gasteiger partial charge is 0.396 e. The number of hydrogen-bond acceptors (Lipinski definition) is 6. The van der Waals surface area contributed by atoms with Crippen molar-refractivity contribution in [2.75, 3.05) is 50.9 Å². The smallest absolute Gasteiger partial charge is 0.146 e. The first-order chi connectivity index (χ1) is 13.1. The summed E-state index contributed by atoms with van der Waals surface area (Å²) in [5.41, 5.74) is 1.69. The van der Waals surface area contributed by atoms with Crippen molar-refractivity contribution in [3.63, 3.8) is 0 Å². The lowest BCUT2D eigenvalue weighted by Gasteiger charge is -2.45. The van der Waals surface area contributed by atoms with Crippen LogP contribution in [0.5, 0.6) is 0 Å². The van der Waals surface area contributed by atoms with E-state index < -0.39 is 0 Å². The van der Waals surface area contributed by atoms with Crippen molar-refractivity contribution in [1.29, 1.82) is 5.26 Å². The standard InChI is InChI=1S/C21H32N4O2/c1-16(2)19-6-5-17(14-22)21(23-19)25-8-7-20(18(15-25)4-3-11-26)24-9-12-27-13-10-24/h5-6,16,18,20,26H,3-4,7-13,15H2,1-2H3/t18-,20+/m1/s1. The van der Waals surface area contributed by atoms with Gasteiger partial charge >= 0.3 is 0 Å². The highest BCUT2D eigenvalue weighted by atomic mass is 16.5. The molecule has 6 nitrogen and oxygen atoms in total. The first-order valence-electron chi connectivity index (χ1n) is 10.2. The fraction of sp³-hybridized carbons (Fsp3) is 0.714. The lowest BCUT2D eigenvalue weighted by molar-refractivity contribution is -0.00416. The fourth-order valence-electron chi connectivity index (χ4n) is 4.35. The molecule has 1 aromatic heterocycles. The van der Waals surface area contributed by atoms with Crippen LogP contribution in [0.3, 0.4) is 0 Å². The number of aromatic nitrogens is 1. The normalized spacial score (nSPS) is 24.2. The van der Waals surface area contributed by atoms with Crippen molar-refractivity contribution in [1.82, 2.24) is 9.88 Å². The Morgan fingerprint density at radius 1 is 1.30 bits per heavy atom. The van der Waals surface area contributed by atoms with E-state index in [1.165, 1.54) is 0 Å². The Morgan fingerprint density at radius 3 is 2.74 bits per heavy atom. The summed E-state index contributed by atoms with van der Waals surface area (Å²) in [6.07, 6.45) is 2.89. The van der Waals surface area contributed by atoms with Crippen molar-refractivity contribution in [3.8, 4) is 6.07 Å². The molecule has 0 saturated carbocycles. The van der Waals surface area contributed by atoms with E-state index in [0.29, 0.717) is 23.4 Å². The zero-order chi connectivity index (χ0) is 19.2. The van der Waals surface area contributed by atoms with E-state index in [1.54, 1.807) is 0 Å². The van der Waals surface area contributed by atoms with Gasteiger partial charge in [-0.05, 0) is 43.2 Å². The lowest BCUT2D eigenvalue weighted by atomic mass is 9.86. The number of anilines is 1. The molecule has 1 aromatic rings. The first kappa shape index (κ1) is 20.1. The third-order valence-electron chi connectivity index (χ3n) is 5.85. The Kier molecular flexibility index (Phi) is 7.06. The van der Waals surface area contributed by atoms with E-state index in [0.717, 1.165) is 70.2 Å². The van der Waals surface area contributed by atoms with Crippen LogP contribution in [0.4, 0.5) is 5.82 Å². The van der Waals surface area contributed by atoms with Gasteiger partial charge in [-0.1, -0.05) is 13.8 Å². The Bertz CT molecular complexity index is 652. The van der Waals surface area contributed by atoms with Crippen LogP contribution in [0.25, 0.3) is 0 Å². The summed E-state index contributed by atoms with van der Waals surface area (Å²) in [6, 6.07) is 6.72. The summed E-state index contributed by atoms with van der Waals surface area (Å²) < 4.78 is 5.53. The van der Waals surface area contributed by atoms with Crippen LogP contribution < -0.4 is 4.90 Å². The van der Waals surface area contributed by atoms with Gasteiger partial charge in [0.05, 0.1) is 18.8 Å². The van der Waals surface area contributed by atoms with Crippen molar-refractivity contribution in [2.24, 2.45) is 5.92 Å². The zero-order valence-electron chi connectivity index (χ0n) is 16.6. The first-order valence-corrected chi connectivity index (χ1v) is 10.2. The summed E-state index contributed by atoms with van der Waals surface area (Å²) in [4.78, 5) is 9.70. The number of hydrogen-bond donors (Lipinski definition) is 1. The molecule has 2 atom stereocenters. The highest BCUT2D eigenvalue weighted by molar-refractivity contribution is 5.55. The summed E-state index contributed by atoms with van der Waals surface area (Å²) >= 11 is 0. The van der Waals surface area contributed by atoms with E-state index in [9.17, 15) is 10.4 Å². The summed E-state index contributed by atoms with van der Waals surface area (Å²) in [5.74, 6) is 1.64. The molecule has 0 aliphatic carbocycles. The van der Waals surface area contributed by atoms with Gasteiger partial charge in [-0.3, -0.25) is 4.90 Å². The van der Waals surface area contributed by atoms with Gasteiger partial charge in [0.2, 0.25) is 0 Å². The molecule has 6 heteroatoms. The van der Waals surface area contributed by atoms with Crippen LogP contribution in [0.15, 0.2) is 12.1 Å². The van der Waals surface area contributed by atoms with Crippen molar-refractivity contribution < 1.29 is 9.84 Å². The fourth-order valence-corrected chi connectivity index (χ4v) is 4.35. The molecule has 27 heavy (non-hydrogen) atoms. The number of aliphatic hydroxyl groups is 1. The van der Waals surface area contributed by atoms with E-state index in [2.05, 4.69) is 29.7 Å². The highest BCUT2D eigenvalue weighted by Crippen LogP contribution is 2.31. The zero-order valence-corrected chi connectivity index (χ0v) is 16.6. The van der Waals surface area contributed by atoms with Crippen LogP contribution in [0.2, 0.25) is 0 Å². The average Bonchev–Trinajstić information content (AvgIpc) is 2.72. The molecular weight excluding hydrogens is 340 g/mol. The van der Waals surface area contributed by atoms with E-state index >= 15 is 0 Å². The van der Waals surface area contributed by atoms with Gasteiger partial charge < -0.3 is 14.7 Å². The predicted molar refractivity (Wildman–Crippen MR) is 106 cm³/mol. The SMILES string of the molecule is CC(C)c1ccc(C#N)c(N2CC[C@H](N3CCOCC3)[C@H](CCCO)C2)n1. The molecule has 0 spiro atoms. The number of rotatable bonds is 6. The van der Waals surface area contributed by atoms with Gasteiger partial charge in [0.15, 0.2) is 0 Å². The molecule has 2 aliphatic rings. The van der Waals surface area contributed by atoms with Gasteiger partial charge in [-0.15, -0.1) is 0 Å². The Balaban J connectivity index is 1.80. The van der Waals surface area contributed by atoms with Crippen LogP contribution in [-0.4, -0.2) is 67.0 Å². The molecule has 3 heterocycles. The molecule has 2 aliphatic heterocycles. The van der Waals surface area contributed by atoms with Crippen molar-refractivity contribution in [3.05, 3.63) is 23.4 Å². The summed E-state index contributed by atoms with van der Waals surface area (Å²) in [6.45, 7) is 9.91. The number of nitriles is 1. The van der Waals surface area contributed by atoms with Crippen LogP contribution in [0.1, 0.15) is 50.3 Å². The second kappa shape index (κ2) is 9.50. The van der Waals surface area contributed by atoms with Gasteiger partial charge in [-0.25, -0.2) is 4.98 Å². The van der Waals surface area contributed by atoms with Crippen molar-refractivity contribution >= 4 is 5.82 Å². The molecule has 0 radical (unpaired) electrons. The second-order valence-corrected chi connectivity index (χ2v) is 7.95. The number of piperidine rings is 1. The number of pyridine rings is 1. The number of ether oxygens (including phenoxy) is 1. The highest BCUT2D eigenvalue weighted by Gasteiger charge is 2.34. The maximum absolute atomic E-state index is 9.57. The third-order valence-corrected chi connectivity index (χ3v) is 5.85. The Hall–Kier alpha value is -1.68. The quantitative estimate of drug-likeness (QED) is 0.827. The lowest BCUT2D eigenvalue weighted by Crippen LogP contribution is -2.54. The molecule has 0 aromatic carbocycles. The van der Waals surface area contributed by atoms with E-state index in [4.69, 9.17) is 9.72 Å². The summed E-state index contributed by atoms with van der Waals surface area (Å²) in [5, 5.41) is 18.9. The minimum atomic E-state index is 0.233. The van der Waals surface area contributed by atoms with Crippen LogP contribution >= 0.6 is 0 Å². The van der Waals surface area contributed by atoms with Gasteiger partial charge in [-0.2, -0.15) is 5.26 Å². The minimum absolute atomic E-state index is 0.233. The molecule has 2 saturated heterocycles. The molecule has 0 amide bonds. The Morgan fingerprint density at radius 2 is 2.07 bits per heavy atom. The number of aliphatic hydroxyl groups excluding tert-OH is 1. The Labute approximate surface area is 162 Å². The number of nitrogens with zero attached hydrogens (tertiary/aromatic N) is 4. The van der Waals surface area contributed by atoms with Gasteiger partial charge in [0.25, 0.3) is 0 Å². The monoisotopic (exact) mass is 372 g/mol. The van der Waals surface area contributed by atoms with Gasteiger partial charge in [0.1, 0.15) is 11.9 Å². The van der Waals surface area contributed by atoms with Crippen molar-refractivity contribution in [2.45, 2.75) is 45.1 Å². The average molecular weight is 373 g/mol. The van der Waals surface area contributed by atoms with Crippen LogP contribution in [-0.2, 0) is 4.74 Å². The summed E-state index contributed by atoms with van der Waals surface area (Å²) in [7, 11) is 0. The van der Waals surface area contributed by atoms with E-state index in [1.807, 2.05) is 12.1 Å². The van der Waals surface area contributed by atoms with E-state index in [-0.39, 0.29) is 6.61 Å². The molecule has 3 rings (SSSR count). The molecule has 2 fully saturated rings. The third kappa shape index (κ3) is 4.78. The predicted octanol–water partition coefficient (Wildman–Crippen LogP) is 2.38. The molecule has 0 bridgehead atoms. The van der Waals surface area contributed by atoms with Crippen LogP contribution in [0, 0.1) is 17.2 Å². The minimum Gasteiger partial charge on any atom is -0.396 e. The number of morpholine rings is 1.